The molecule has 4 heteroatoms. The molecule has 0 fully saturated rings. The molecule has 0 saturated carbocycles. The molecule has 0 radical (unpaired) electrons. The zero-order chi connectivity index (χ0) is 13.3. The van der Waals surface area contributed by atoms with E-state index in [-0.39, 0.29) is 12.0 Å². The summed E-state index contributed by atoms with van der Waals surface area (Å²) in [7, 11) is 5.18. The van der Waals surface area contributed by atoms with Gasteiger partial charge in [0, 0.05) is 22.2 Å². The summed E-state index contributed by atoms with van der Waals surface area (Å²) in [4.78, 5) is 17.1. The number of ether oxygens (including phenoxy) is 1. The molecule has 2 aromatic rings. The number of aryl methyl sites for hydroxylation is 1. The number of hydrogen-bond donors (Lipinski definition) is 1. The van der Waals surface area contributed by atoms with E-state index in [1.165, 1.54) is 7.11 Å². The number of nitrogens with zero attached hydrogens (tertiary/aromatic N) is 1. The van der Waals surface area contributed by atoms with Crippen LogP contribution in [0.5, 0.6) is 0 Å². The van der Waals surface area contributed by atoms with Crippen LogP contribution >= 0.6 is 0 Å². The Kier molecular flexibility index (Phi) is 3.39. The van der Waals surface area contributed by atoms with E-state index < -0.39 is 0 Å². The van der Waals surface area contributed by atoms with Crippen LogP contribution in [0.25, 0.3) is 10.9 Å². The average molecular weight is 246 g/mol. The number of likely N-dealkylation sites (N-methyl/N-ethyl adjacent to an activating group) is 1. The van der Waals surface area contributed by atoms with E-state index in [4.69, 9.17) is 4.74 Å². The lowest BCUT2D eigenvalue weighted by Crippen LogP contribution is -2.29. The second kappa shape index (κ2) is 4.82. The molecule has 1 heterocycles. The summed E-state index contributed by atoms with van der Waals surface area (Å²) in [5, 5.41) is 1.07. The molecule has 1 N–H and O–H groups in total. The van der Waals surface area contributed by atoms with Crippen LogP contribution in [0.2, 0.25) is 0 Å². The van der Waals surface area contributed by atoms with Gasteiger partial charge in [0.25, 0.3) is 0 Å². The van der Waals surface area contributed by atoms with Gasteiger partial charge < -0.3 is 9.72 Å². The van der Waals surface area contributed by atoms with Crippen molar-refractivity contribution in [2.24, 2.45) is 0 Å². The SMILES string of the molecule is COC(=O)C(c1c(C)[nH]c2ccccc12)N(C)C. The molecule has 0 amide bonds. The zero-order valence-electron chi connectivity index (χ0n) is 11.2. The molecule has 0 aliphatic rings. The molecule has 1 aromatic carbocycles. The molecule has 1 aromatic heterocycles. The van der Waals surface area contributed by atoms with E-state index in [0.717, 1.165) is 22.2 Å². The Labute approximate surface area is 107 Å². The van der Waals surface area contributed by atoms with Crippen LogP contribution in [0.1, 0.15) is 17.3 Å². The van der Waals surface area contributed by atoms with Gasteiger partial charge in [-0.25, -0.2) is 4.79 Å². The number of hydrogen-bond acceptors (Lipinski definition) is 3. The topological polar surface area (TPSA) is 45.3 Å². The molecule has 4 nitrogen and oxygen atoms in total. The Bertz CT molecular complexity index is 572. The highest BCUT2D eigenvalue weighted by Crippen LogP contribution is 2.30. The van der Waals surface area contributed by atoms with Gasteiger partial charge in [-0.1, -0.05) is 18.2 Å². The van der Waals surface area contributed by atoms with Crippen LogP contribution in [0.4, 0.5) is 0 Å². The van der Waals surface area contributed by atoms with Gasteiger partial charge in [-0.2, -0.15) is 0 Å². The molecule has 1 unspecified atom stereocenters. The number of benzene rings is 1. The van der Waals surface area contributed by atoms with Gasteiger partial charge >= 0.3 is 5.97 Å². The number of nitrogens with one attached hydrogen (secondary N) is 1. The second-order valence-electron chi connectivity index (χ2n) is 4.60. The first-order valence-corrected chi connectivity index (χ1v) is 5.87. The number of carbonyl (C=O) groups excluding carboxylic acids is 1. The normalized spacial score (nSPS) is 12.9. The summed E-state index contributed by atoms with van der Waals surface area (Å²) >= 11 is 0. The number of methoxy groups -OCH3 is 1. The fourth-order valence-electron chi connectivity index (χ4n) is 2.35. The number of para-hydroxylation sites is 1. The zero-order valence-corrected chi connectivity index (χ0v) is 11.2. The number of aromatic nitrogens is 1. The molecule has 2 rings (SSSR count). The maximum absolute atomic E-state index is 12.0. The minimum Gasteiger partial charge on any atom is -0.468 e. The monoisotopic (exact) mass is 246 g/mol. The average Bonchev–Trinajstić information content (AvgIpc) is 2.66. The lowest BCUT2D eigenvalue weighted by atomic mass is 10.0. The van der Waals surface area contributed by atoms with Crippen LogP contribution in [-0.2, 0) is 9.53 Å². The summed E-state index contributed by atoms with van der Waals surface area (Å²) < 4.78 is 4.91. The van der Waals surface area contributed by atoms with E-state index >= 15 is 0 Å². The quantitative estimate of drug-likeness (QED) is 0.845. The molecule has 96 valence electrons. The van der Waals surface area contributed by atoms with Crippen LogP contribution in [0, 0.1) is 6.92 Å². The number of carbonyl (C=O) groups is 1. The highest BCUT2D eigenvalue weighted by Gasteiger charge is 2.28. The molecule has 18 heavy (non-hydrogen) atoms. The molecule has 1 atom stereocenters. The summed E-state index contributed by atoms with van der Waals surface area (Å²) in [6, 6.07) is 7.60. The van der Waals surface area contributed by atoms with E-state index in [2.05, 4.69) is 4.98 Å². The fraction of sp³-hybridized carbons (Fsp3) is 0.357. The van der Waals surface area contributed by atoms with Gasteiger partial charge in [-0.05, 0) is 27.1 Å². The first-order valence-electron chi connectivity index (χ1n) is 5.87. The predicted molar refractivity (Wildman–Crippen MR) is 71.5 cm³/mol. The molecule has 0 aliphatic carbocycles. The summed E-state index contributed by atoms with van der Waals surface area (Å²) in [6.07, 6.45) is 0. The van der Waals surface area contributed by atoms with Crippen LogP contribution in [0.15, 0.2) is 24.3 Å². The van der Waals surface area contributed by atoms with Crippen molar-refractivity contribution < 1.29 is 9.53 Å². The van der Waals surface area contributed by atoms with Gasteiger partial charge in [0.05, 0.1) is 7.11 Å². The summed E-state index contributed by atoms with van der Waals surface area (Å²) in [6.45, 7) is 1.98. The maximum Gasteiger partial charge on any atom is 0.327 e. The number of H-pyrrole nitrogens is 1. The first-order chi connectivity index (χ1) is 8.56. The smallest absolute Gasteiger partial charge is 0.327 e. The van der Waals surface area contributed by atoms with E-state index in [1.54, 1.807) is 0 Å². The van der Waals surface area contributed by atoms with Crippen molar-refractivity contribution in [3.63, 3.8) is 0 Å². The standard InChI is InChI=1S/C14H18N2O2/c1-9-12(13(16(2)3)14(17)18-4)10-7-5-6-8-11(10)15-9/h5-8,13,15H,1-4H3. The minimum absolute atomic E-state index is 0.243. The number of rotatable bonds is 3. The van der Waals surface area contributed by atoms with Crippen LogP contribution < -0.4 is 0 Å². The Morgan fingerprint density at radius 2 is 2.00 bits per heavy atom. The van der Waals surface area contributed by atoms with Crippen molar-refractivity contribution in [3.05, 3.63) is 35.5 Å². The molecular weight excluding hydrogens is 228 g/mol. The van der Waals surface area contributed by atoms with Crippen molar-refractivity contribution in [3.8, 4) is 0 Å². The van der Waals surface area contributed by atoms with Crippen molar-refractivity contribution in [1.29, 1.82) is 0 Å². The summed E-state index contributed by atoms with van der Waals surface area (Å²) in [5.41, 5.74) is 3.03. The molecule has 0 aliphatic heterocycles. The molecule has 0 spiro atoms. The van der Waals surface area contributed by atoms with Crippen molar-refractivity contribution >= 4 is 16.9 Å². The van der Waals surface area contributed by atoms with Gasteiger partial charge in [-0.3, -0.25) is 4.90 Å². The van der Waals surface area contributed by atoms with Crippen molar-refractivity contribution in [2.75, 3.05) is 21.2 Å². The Morgan fingerprint density at radius 1 is 1.33 bits per heavy atom. The van der Waals surface area contributed by atoms with Gasteiger partial charge in [-0.15, -0.1) is 0 Å². The van der Waals surface area contributed by atoms with Crippen molar-refractivity contribution in [2.45, 2.75) is 13.0 Å². The Hall–Kier alpha value is -1.81. The second-order valence-corrected chi connectivity index (χ2v) is 4.60. The highest BCUT2D eigenvalue weighted by molar-refractivity contribution is 5.90. The third kappa shape index (κ3) is 1.99. The van der Waals surface area contributed by atoms with Crippen molar-refractivity contribution in [1.82, 2.24) is 9.88 Å². The van der Waals surface area contributed by atoms with E-state index in [9.17, 15) is 4.79 Å². The van der Waals surface area contributed by atoms with Gasteiger partial charge in [0.15, 0.2) is 0 Å². The number of aromatic amines is 1. The summed E-state index contributed by atoms with van der Waals surface area (Å²) in [5.74, 6) is -0.243. The lowest BCUT2D eigenvalue weighted by Gasteiger charge is -2.22. The fourth-order valence-corrected chi connectivity index (χ4v) is 2.35. The van der Waals surface area contributed by atoms with E-state index in [1.807, 2.05) is 50.2 Å². The lowest BCUT2D eigenvalue weighted by molar-refractivity contribution is -0.146. The van der Waals surface area contributed by atoms with Gasteiger partial charge in [0.1, 0.15) is 6.04 Å². The first kappa shape index (κ1) is 12.6. The number of esters is 1. The third-order valence-electron chi connectivity index (χ3n) is 3.16. The number of fused-ring (bicyclic) bond motifs is 1. The minimum atomic E-state index is -0.383. The third-order valence-corrected chi connectivity index (χ3v) is 3.16. The molecule has 0 saturated heterocycles. The Balaban J connectivity index is 2.63. The van der Waals surface area contributed by atoms with E-state index in [0.29, 0.717) is 0 Å². The van der Waals surface area contributed by atoms with Gasteiger partial charge in [0.2, 0.25) is 0 Å². The Morgan fingerprint density at radius 3 is 2.61 bits per heavy atom. The van der Waals surface area contributed by atoms with Crippen LogP contribution in [0.3, 0.4) is 0 Å². The van der Waals surface area contributed by atoms with Crippen LogP contribution in [-0.4, -0.2) is 37.1 Å². The predicted octanol–water partition coefficient (Wildman–Crippen LogP) is 2.25. The maximum atomic E-state index is 12.0. The largest absolute Gasteiger partial charge is 0.468 e. The molecular formula is C14H18N2O2. The molecule has 0 bridgehead atoms. The highest BCUT2D eigenvalue weighted by atomic mass is 16.5.